The van der Waals surface area contributed by atoms with Crippen LogP contribution in [0, 0.1) is 5.92 Å². The topological polar surface area (TPSA) is 52.6 Å². The molecule has 0 atom stereocenters. The fourth-order valence-corrected chi connectivity index (χ4v) is 2.30. The quantitative estimate of drug-likeness (QED) is 0.671. The molecule has 0 radical (unpaired) electrons. The number of alkyl halides is 3. The van der Waals surface area contributed by atoms with Gasteiger partial charge in [-0.05, 0) is 24.1 Å². The van der Waals surface area contributed by atoms with Gasteiger partial charge < -0.3 is 9.47 Å². The van der Waals surface area contributed by atoms with Gasteiger partial charge in [0.1, 0.15) is 6.61 Å². The van der Waals surface area contributed by atoms with E-state index in [1.165, 1.54) is 36.4 Å². The summed E-state index contributed by atoms with van der Waals surface area (Å²) in [6, 6.07) is 10.7. The van der Waals surface area contributed by atoms with Crippen molar-refractivity contribution in [1.82, 2.24) is 0 Å². The maximum Gasteiger partial charge on any atom is 0.416 e. The molecule has 27 heavy (non-hydrogen) atoms. The van der Waals surface area contributed by atoms with Crippen LogP contribution in [0.1, 0.15) is 45.7 Å². The largest absolute Gasteiger partial charge is 0.462 e. The molecule has 0 bridgehead atoms. The van der Waals surface area contributed by atoms with E-state index in [1.807, 2.05) is 13.8 Å². The van der Waals surface area contributed by atoms with Gasteiger partial charge in [-0.25, -0.2) is 9.59 Å². The lowest BCUT2D eigenvalue weighted by molar-refractivity contribution is -0.138. The number of ether oxygens (including phenoxy) is 2. The third kappa shape index (κ3) is 5.57. The molecule has 0 N–H and O–H groups in total. The van der Waals surface area contributed by atoms with E-state index in [0.29, 0.717) is 0 Å². The summed E-state index contributed by atoms with van der Waals surface area (Å²) in [4.78, 5) is 24.5. The normalized spacial score (nSPS) is 11.3. The summed E-state index contributed by atoms with van der Waals surface area (Å²) in [5.41, 5.74) is -1.09. The van der Waals surface area contributed by atoms with Gasteiger partial charge in [0.05, 0.1) is 23.3 Å². The zero-order valence-corrected chi connectivity index (χ0v) is 14.9. The van der Waals surface area contributed by atoms with Crippen LogP contribution in [0.2, 0.25) is 0 Å². The number of hydrogen-bond donors (Lipinski definition) is 0. The standard InChI is InChI=1S/C20H19F3O4/c1-13(2)11-26-18(24)15-8-4-5-9-16(15)19(25)27-12-14-7-3-6-10-17(14)20(21,22)23/h3-10,13H,11-12H2,1-2H3. The number of benzene rings is 2. The number of esters is 2. The summed E-state index contributed by atoms with van der Waals surface area (Å²) in [5.74, 6) is -1.47. The predicted octanol–water partition coefficient (Wildman–Crippen LogP) is 4.88. The molecule has 0 aliphatic rings. The molecule has 0 saturated heterocycles. The Morgan fingerprint density at radius 2 is 1.41 bits per heavy atom. The van der Waals surface area contributed by atoms with Crippen molar-refractivity contribution in [3.05, 3.63) is 70.8 Å². The molecule has 0 amide bonds. The van der Waals surface area contributed by atoms with Crippen LogP contribution in [-0.4, -0.2) is 18.5 Å². The van der Waals surface area contributed by atoms with Gasteiger partial charge in [0.15, 0.2) is 0 Å². The average Bonchev–Trinajstić information content (AvgIpc) is 2.63. The molecule has 0 saturated carbocycles. The Balaban J connectivity index is 2.15. The van der Waals surface area contributed by atoms with Crippen molar-refractivity contribution in [1.29, 1.82) is 0 Å². The fourth-order valence-electron chi connectivity index (χ4n) is 2.30. The van der Waals surface area contributed by atoms with E-state index in [2.05, 4.69) is 0 Å². The highest BCUT2D eigenvalue weighted by atomic mass is 19.4. The molecule has 2 aromatic rings. The summed E-state index contributed by atoms with van der Waals surface area (Å²) in [5, 5.41) is 0. The highest BCUT2D eigenvalue weighted by Gasteiger charge is 2.33. The smallest absolute Gasteiger partial charge is 0.416 e. The van der Waals surface area contributed by atoms with Crippen LogP contribution in [0.5, 0.6) is 0 Å². The van der Waals surface area contributed by atoms with Gasteiger partial charge in [0, 0.05) is 5.56 Å². The first-order valence-corrected chi connectivity index (χ1v) is 8.28. The molecule has 0 aliphatic heterocycles. The van der Waals surface area contributed by atoms with Crippen LogP contribution in [0.3, 0.4) is 0 Å². The van der Waals surface area contributed by atoms with Gasteiger partial charge in [-0.3, -0.25) is 0 Å². The van der Waals surface area contributed by atoms with Crippen LogP contribution in [0.15, 0.2) is 48.5 Å². The van der Waals surface area contributed by atoms with Gasteiger partial charge in [-0.2, -0.15) is 13.2 Å². The Morgan fingerprint density at radius 3 is 1.96 bits per heavy atom. The van der Waals surface area contributed by atoms with Crippen LogP contribution >= 0.6 is 0 Å². The Kier molecular flexibility index (Phi) is 6.60. The molecule has 0 aromatic heterocycles. The number of rotatable bonds is 6. The molecular formula is C20H19F3O4. The van der Waals surface area contributed by atoms with Crippen molar-refractivity contribution in [2.75, 3.05) is 6.61 Å². The third-order valence-corrected chi connectivity index (χ3v) is 3.60. The highest BCUT2D eigenvalue weighted by Crippen LogP contribution is 2.32. The summed E-state index contributed by atoms with van der Waals surface area (Å²) < 4.78 is 49.2. The second-order valence-corrected chi connectivity index (χ2v) is 6.27. The van der Waals surface area contributed by atoms with E-state index in [0.717, 1.165) is 6.07 Å². The van der Waals surface area contributed by atoms with Crippen LogP contribution < -0.4 is 0 Å². The summed E-state index contributed by atoms with van der Waals surface area (Å²) in [7, 11) is 0. The van der Waals surface area contributed by atoms with E-state index in [9.17, 15) is 22.8 Å². The molecule has 2 aromatic carbocycles. The lowest BCUT2D eigenvalue weighted by Crippen LogP contribution is -2.16. The van der Waals surface area contributed by atoms with Crippen LogP contribution in [-0.2, 0) is 22.3 Å². The molecule has 0 unspecified atom stereocenters. The van der Waals surface area contributed by atoms with Crippen molar-refractivity contribution in [3.63, 3.8) is 0 Å². The van der Waals surface area contributed by atoms with Crippen molar-refractivity contribution in [2.45, 2.75) is 26.6 Å². The first kappa shape index (κ1) is 20.5. The Labute approximate surface area is 154 Å². The predicted molar refractivity (Wildman–Crippen MR) is 92.1 cm³/mol. The number of carbonyl (C=O) groups is 2. The van der Waals surface area contributed by atoms with Crippen LogP contribution in [0.4, 0.5) is 13.2 Å². The second-order valence-electron chi connectivity index (χ2n) is 6.27. The Hall–Kier alpha value is -2.83. The molecule has 0 aliphatic carbocycles. The van der Waals surface area contributed by atoms with Gasteiger partial charge in [0.2, 0.25) is 0 Å². The van der Waals surface area contributed by atoms with E-state index in [-0.39, 0.29) is 29.2 Å². The Bertz CT molecular complexity index is 813. The SMILES string of the molecule is CC(C)COC(=O)c1ccccc1C(=O)OCc1ccccc1C(F)(F)F. The molecule has 4 nitrogen and oxygen atoms in total. The molecule has 7 heteroatoms. The van der Waals surface area contributed by atoms with Gasteiger partial charge in [-0.15, -0.1) is 0 Å². The molecule has 0 fully saturated rings. The van der Waals surface area contributed by atoms with Crippen molar-refractivity contribution in [2.24, 2.45) is 5.92 Å². The first-order valence-electron chi connectivity index (χ1n) is 8.28. The lowest BCUT2D eigenvalue weighted by Gasteiger charge is -2.14. The zero-order chi connectivity index (χ0) is 20.0. The van der Waals surface area contributed by atoms with Crippen molar-refractivity contribution in [3.8, 4) is 0 Å². The zero-order valence-electron chi connectivity index (χ0n) is 14.9. The molecular weight excluding hydrogens is 361 g/mol. The van der Waals surface area contributed by atoms with Gasteiger partial charge in [0.25, 0.3) is 0 Å². The van der Waals surface area contributed by atoms with Gasteiger partial charge in [-0.1, -0.05) is 44.2 Å². The summed E-state index contributed by atoms with van der Waals surface area (Å²) >= 11 is 0. The van der Waals surface area contributed by atoms with Gasteiger partial charge >= 0.3 is 18.1 Å². The monoisotopic (exact) mass is 380 g/mol. The minimum Gasteiger partial charge on any atom is -0.462 e. The number of carbonyl (C=O) groups excluding carboxylic acids is 2. The van der Waals surface area contributed by atoms with E-state index in [4.69, 9.17) is 9.47 Å². The first-order chi connectivity index (χ1) is 12.7. The number of halogens is 3. The second kappa shape index (κ2) is 8.70. The van der Waals surface area contributed by atoms with E-state index in [1.54, 1.807) is 6.07 Å². The maximum absolute atomic E-state index is 13.0. The lowest BCUT2D eigenvalue weighted by atomic mass is 10.1. The van der Waals surface area contributed by atoms with Crippen molar-refractivity contribution >= 4 is 11.9 Å². The minimum absolute atomic E-state index is 0.00672. The molecule has 144 valence electrons. The summed E-state index contributed by atoms with van der Waals surface area (Å²) in [6.07, 6.45) is -4.55. The average molecular weight is 380 g/mol. The van der Waals surface area contributed by atoms with E-state index < -0.39 is 30.3 Å². The number of hydrogen-bond acceptors (Lipinski definition) is 4. The Morgan fingerprint density at radius 1 is 0.889 bits per heavy atom. The maximum atomic E-state index is 13.0. The highest BCUT2D eigenvalue weighted by molar-refractivity contribution is 6.03. The fraction of sp³-hybridized carbons (Fsp3) is 0.300. The molecule has 0 heterocycles. The van der Waals surface area contributed by atoms with Crippen molar-refractivity contribution < 1.29 is 32.2 Å². The van der Waals surface area contributed by atoms with E-state index >= 15 is 0 Å². The molecule has 0 spiro atoms. The third-order valence-electron chi connectivity index (χ3n) is 3.60. The molecule has 2 rings (SSSR count). The van der Waals surface area contributed by atoms with Crippen LogP contribution in [0.25, 0.3) is 0 Å². The minimum atomic E-state index is -4.55. The summed E-state index contributed by atoms with van der Waals surface area (Å²) in [6.45, 7) is 3.35.